The van der Waals surface area contributed by atoms with E-state index in [1.165, 1.54) is 0 Å². The van der Waals surface area contributed by atoms with Crippen LogP contribution in [-0.4, -0.2) is 37.5 Å². The molecule has 1 atom stereocenters. The quantitative estimate of drug-likeness (QED) is 0.688. The lowest BCUT2D eigenvalue weighted by Crippen LogP contribution is -2.14. The molecular weight excluding hydrogens is 318 g/mol. The van der Waals surface area contributed by atoms with Crippen LogP contribution in [0.3, 0.4) is 0 Å². The van der Waals surface area contributed by atoms with E-state index in [0.717, 1.165) is 11.3 Å². The molecule has 0 bridgehead atoms. The molecular formula is C18H21N5O2. The third-order valence-electron chi connectivity index (χ3n) is 3.45. The van der Waals surface area contributed by atoms with E-state index in [-0.39, 0.29) is 6.10 Å². The molecule has 0 aliphatic heterocycles. The van der Waals surface area contributed by atoms with Crippen molar-refractivity contribution < 1.29 is 9.84 Å². The highest BCUT2D eigenvalue weighted by atomic mass is 16.5. The molecule has 0 amide bonds. The van der Waals surface area contributed by atoms with Crippen molar-refractivity contribution in [3.8, 4) is 11.6 Å². The average Bonchev–Trinajstić information content (AvgIpc) is 3.14. The van der Waals surface area contributed by atoms with Crippen LogP contribution >= 0.6 is 0 Å². The Morgan fingerprint density at radius 2 is 2.12 bits per heavy atom. The number of aromatic nitrogens is 4. The number of nitrogens with one attached hydrogen (secondary N) is 1. The smallest absolute Gasteiger partial charge is 0.173 e. The molecule has 0 aliphatic carbocycles. The summed E-state index contributed by atoms with van der Waals surface area (Å²) in [7, 11) is 0. The first kappa shape index (κ1) is 16.9. The largest absolute Gasteiger partial charge is 0.491 e. The summed E-state index contributed by atoms with van der Waals surface area (Å²) in [4.78, 5) is 8.58. The summed E-state index contributed by atoms with van der Waals surface area (Å²) >= 11 is 0. The summed E-state index contributed by atoms with van der Waals surface area (Å²) in [6, 6.07) is 9.28. The fourth-order valence-corrected chi connectivity index (χ4v) is 2.34. The van der Waals surface area contributed by atoms with E-state index in [4.69, 9.17) is 4.74 Å². The lowest BCUT2D eigenvalue weighted by molar-refractivity contribution is 0.189. The predicted molar refractivity (Wildman–Crippen MR) is 94.8 cm³/mol. The maximum atomic E-state index is 10.4. The molecule has 0 fully saturated rings. The van der Waals surface area contributed by atoms with Gasteiger partial charge >= 0.3 is 0 Å². The molecule has 2 heterocycles. The van der Waals surface area contributed by atoms with Gasteiger partial charge in [0.25, 0.3) is 0 Å². The van der Waals surface area contributed by atoms with Crippen LogP contribution in [0.4, 0.5) is 5.82 Å². The summed E-state index contributed by atoms with van der Waals surface area (Å²) < 4.78 is 7.29. The predicted octanol–water partition coefficient (Wildman–Crippen LogP) is 2.60. The molecule has 0 saturated heterocycles. The van der Waals surface area contributed by atoms with Crippen LogP contribution in [-0.2, 0) is 0 Å². The third kappa shape index (κ3) is 4.54. The van der Waals surface area contributed by atoms with E-state index < -0.39 is 6.10 Å². The molecule has 25 heavy (non-hydrogen) atoms. The van der Waals surface area contributed by atoms with Gasteiger partial charge in [0.15, 0.2) is 5.82 Å². The van der Waals surface area contributed by atoms with Crippen LogP contribution in [0.25, 0.3) is 5.82 Å². The second kappa shape index (κ2) is 7.76. The molecule has 2 aromatic heterocycles. The Morgan fingerprint density at radius 3 is 2.88 bits per heavy atom. The second-order valence-corrected chi connectivity index (χ2v) is 5.85. The second-order valence-electron chi connectivity index (χ2n) is 5.85. The summed E-state index contributed by atoms with van der Waals surface area (Å²) in [5.41, 5.74) is 0.779. The first-order chi connectivity index (χ1) is 12.1. The van der Waals surface area contributed by atoms with Crippen LogP contribution in [0.15, 0.2) is 55.1 Å². The van der Waals surface area contributed by atoms with Crippen LogP contribution in [0.1, 0.15) is 25.5 Å². The lowest BCUT2D eigenvalue weighted by atomic mass is 10.1. The highest BCUT2D eigenvalue weighted by Crippen LogP contribution is 2.20. The zero-order chi connectivity index (χ0) is 17.6. The number of ether oxygens (including phenoxy) is 1. The molecule has 7 heteroatoms. The van der Waals surface area contributed by atoms with E-state index in [1.807, 2.05) is 44.2 Å². The Hall–Kier alpha value is -2.93. The van der Waals surface area contributed by atoms with Gasteiger partial charge in [0.1, 0.15) is 11.6 Å². The zero-order valence-corrected chi connectivity index (χ0v) is 14.2. The molecule has 0 aliphatic rings. The van der Waals surface area contributed by atoms with Gasteiger partial charge in [-0.3, -0.25) is 4.98 Å². The van der Waals surface area contributed by atoms with Gasteiger partial charge in [-0.1, -0.05) is 12.1 Å². The molecule has 7 nitrogen and oxygen atoms in total. The van der Waals surface area contributed by atoms with Gasteiger partial charge in [0, 0.05) is 18.9 Å². The number of hydrogen-bond donors (Lipinski definition) is 2. The Morgan fingerprint density at radius 1 is 1.24 bits per heavy atom. The minimum atomic E-state index is -0.689. The van der Waals surface area contributed by atoms with Gasteiger partial charge in [-0.05, 0) is 37.6 Å². The molecule has 3 rings (SSSR count). The number of nitrogens with zero attached hydrogens (tertiary/aromatic N) is 4. The summed E-state index contributed by atoms with van der Waals surface area (Å²) in [6.07, 6.45) is 6.11. The van der Waals surface area contributed by atoms with Crippen LogP contribution in [0.5, 0.6) is 5.75 Å². The average molecular weight is 339 g/mol. The van der Waals surface area contributed by atoms with Crippen LogP contribution < -0.4 is 10.1 Å². The van der Waals surface area contributed by atoms with E-state index in [0.29, 0.717) is 18.2 Å². The number of anilines is 1. The van der Waals surface area contributed by atoms with Crippen molar-refractivity contribution in [2.45, 2.75) is 26.1 Å². The highest BCUT2D eigenvalue weighted by Gasteiger charge is 2.10. The number of rotatable bonds is 7. The summed E-state index contributed by atoms with van der Waals surface area (Å²) in [5.74, 6) is 1.92. The maximum Gasteiger partial charge on any atom is 0.173 e. The van der Waals surface area contributed by atoms with Crippen molar-refractivity contribution in [3.05, 3.63) is 60.7 Å². The van der Waals surface area contributed by atoms with Crippen LogP contribution in [0.2, 0.25) is 0 Å². The zero-order valence-electron chi connectivity index (χ0n) is 14.2. The van der Waals surface area contributed by atoms with E-state index in [2.05, 4.69) is 20.4 Å². The highest BCUT2D eigenvalue weighted by molar-refractivity contribution is 5.37. The Balaban J connectivity index is 1.64. The number of aliphatic hydroxyl groups excluding tert-OH is 1. The summed E-state index contributed by atoms with van der Waals surface area (Å²) in [5, 5.41) is 17.6. The third-order valence-corrected chi connectivity index (χ3v) is 3.45. The topological polar surface area (TPSA) is 85.1 Å². The van der Waals surface area contributed by atoms with Crippen molar-refractivity contribution in [3.63, 3.8) is 0 Å². The SMILES string of the molecule is CC(C)Oc1cccc(C(O)CNc2cncc(-n3cccn3)n2)c1. The molecule has 130 valence electrons. The van der Waals surface area contributed by atoms with Crippen molar-refractivity contribution in [2.24, 2.45) is 0 Å². The Labute approximate surface area is 146 Å². The fourth-order valence-electron chi connectivity index (χ4n) is 2.34. The van der Waals surface area contributed by atoms with E-state index >= 15 is 0 Å². The molecule has 0 saturated carbocycles. The molecule has 1 unspecified atom stereocenters. The van der Waals surface area contributed by atoms with Gasteiger partial charge in [0.05, 0.1) is 24.6 Å². The first-order valence-corrected chi connectivity index (χ1v) is 8.12. The van der Waals surface area contributed by atoms with Crippen molar-refractivity contribution >= 4 is 5.82 Å². The van der Waals surface area contributed by atoms with Gasteiger partial charge < -0.3 is 15.2 Å². The van der Waals surface area contributed by atoms with Gasteiger partial charge in [0.2, 0.25) is 0 Å². The first-order valence-electron chi connectivity index (χ1n) is 8.12. The minimum Gasteiger partial charge on any atom is -0.491 e. The van der Waals surface area contributed by atoms with Crippen LogP contribution in [0, 0.1) is 0 Å². The van der Waals surface area contributed by atoms with Crippen molar-refractivity contribution in [1.82, 2.24) is 19.7 Å². The van der Waals surface area contributed by atoms with Gasteiger partial charge in [-0.25, -0.2) is 9.67 Å². The Kier molecular flexibility index (Phi) is 5.25. The van der Waals surface area contributed by atoms with Gasteiger partial charge in [-0.15, -0.1) is 0 Å². The Bertz CT molecular complexity index is 805. The lowest BCUT2D eigenvalue weighted by Gasteiger charge is -2.15. The maximum absolute atomic E-state index is 10.4. The van der Waals surface area contributed by atoms with Crippen molar-refractivity contribution in [1.29, 1.82) is 0 Å². The molecule has 0 radical (unpaired) electrons. The number of hydrogen-bond acceptors (Lipinski definition) is 6. The standard InChI is InChI=1S/C18H21N5O2/c1-13(2)25-15-6-3-5-14(9-15)16(24)10-20-17-11-19-12-18(22-17)23-8-4-7-21-23/h3-9,11-13,16,24H,10H2,1-2H3,(H,20,22). The monoisotopic (exact) mass is 339 g/mol. The number of aliphatic hydroxyl groups is 1. The number of benzene rings is 1. The molecule has 2 N–H and O–H groups in total. The summed E-state index contributed by atoms with van der Waals surface area (Å²) in [6.45, 7) is 4.24. The molecule has 0 spiro atoms. The van der Waals surface area contributed by atoms with Gasteiger partial charge in [-0.2, -0.15) is 5.10 Å². The molecule has 1 aromatic carbocycles. The fraction of sp³-hybridized carbons (Fsp3) is 0.278. The van der Waals surface area contributed by atoms with E-state index in [9.17, 15) is 5.11 Å². The van der Waals surface area contributed by atoms with E-state index in [1.54, 1.807) is 29.5 Å². The molecule has 3 aromatic rings. The minimum absolute atomic E-state index is 0.0887. The normalized spacial score (nSPS) is 12.2. The van der Waals surface area contributed by atoms with Crippen molar-refractivity contribution in [2.75, 3.05) is 11.9 Å².